The van der Waals surface area contributed by atoms with Gasteiger partial charge in [-0.3, -0.25) is 19.7 Å². The fourth-order valence-electron chi connectivity index (χ4n) is 2.79. The van der Waals surface area contributed by atoms with E-state index >= 15 is 0 Å². The molecule has 0 spiro atoms. The molecule has 1 aliphatic heterocycles. The third-order valence-corrected chi connectivity index (χ3v) is 4.49. The highest BCUT2D eigenvalue weighted by atomic mass is 16.5. The molecule has 9 heteroatoms. The monoisotopic (exact) mass is 365 g/mol. The molecule has 0 atom stereocenters. The first-order valence-corrected chi connectivity index (χ1v) is 9.12. The quantitative estimate of drug-likeness (QED) is 0.318. The highest BCUT2D eigenvalue weighted by Crippen LogP contribution is 2.07. The first kappa shape index (κ1) is 20.1. The van der Waals surface area contributed by atoms with Crippen LogP contribution in [0.15, 0.2) is 12.4 Å². The van der Waals surface area contributed by atoms with Gasteiger partial charge in [-0.15, -0.1) is 0 Å². The van der Waals surface area contributed by atoms with Crippen molar-refractivity contribution in [3.05, 3.63) is 18.0 Å². The van der Waals surface area contributed by atoms with Crippen molar-refractivity contribution >= 4 is 17.8 Å². The molecule has 0 aromatic carbocycles. The number of aromatic nitrogens is 2. The smallest absolute Gasteiger partial charge is 0.352 e. The van der Waals surface area contributed by atoms with Crippen LogP contribution in [0.25, 0.3) is 0 Å². The molecule has 0 bridgehead atoms. The normalized spacial score (nSPS) is 14.9. The number of carbonyl (C=O) groups excluding carboxylic acids is 2. The van der Waals surface area contributed by atoms with Crippen molar-refractivity contribution in [2.75, 3.05) is 44.7 Å². The molecule has 4 N–H and O–H groups in total. The van der Waals surface area contributed by atoms with Gasteiger partial charge in [0, 0.05) is 26.1 Å². The van der Waals surface area contributed by atoms with E-state index in [9.17, 15) is 9.59 Å². The van der Waals surface area contributed by atoms with Gasteiger partial charge >= 0.3 is 5.95 Å². The van der Waals surface area contributed by atoms with Crippen molar-refractivity contribution in [1.29, 1.82) is 0 Å². The van der Waals surface area contributed by atoms with Crippen molar-refractivity contribution in [3.63, 3.8) is 0 Å². The van der Waals surface area contributed by atoms with Gasteiger partial charge < -0.3 is 10.2 Å². The molecule has 1 aromatic heterocycles. The summed E-state index contributed by atoms with van der Waals surface area (Å²) in [5.74, 6) is 0.293. The maximum Gasteiger partial charge on any atom is 0.391 e. The van der Waals surface area contributed by atoms with Crippen LogP contribution < -0.4 is 20.7 Å². The molecule has 26 heavy (non-hydrogen) atoms. The predicted octanol–water partition coefficient (Wildman–Crippen LogP) is -0.167. The molecule has 1 fully saturated rings. The lowest BCUT2D eigenvalue weighted by molar-refractivity contribution is -0.368. The lowest BCUT2D eigenvalue weighted by Crippen LogP contribution is -2.46. The van der Waals surface area contributed by atoms with Crippen LogP contribution in [-0.2, 0) is 4.79 Å². The third-order valence-electron chi connectivity index (χ3n) is 4.49. The lowest BCUT2D eigenvalue weighted by Gasteiger charge is -2.27. The van der Waals surface area contributed by atoms with Crippen LogP contribution in [0.5, 0.6) is 0 Å². The Morgan fingerprint density at radius 1 is 1.19 bits per heavy atom. The Hall–Kier alpha value is -2.26. The molecular formula is C17H29N6O3+. The van der Waals surface area contributed by atoms with Gasteiger partial charge in [0.15, 0.2) is 0 Å². The second-order valence-electron chi connectivity index (χ2n) is 6.57. The van der Waals surface area contributed by atoms with E-state index in [1.807, 2.05) is 0 Å². The molecule has 0 saturated carbocycles. The molecule has 144 valence electrons. The summed E-state index contributed by atoms with van der Waals surface area (Å²) in [6.45, 7) is 4.44. The predicted molar refractivity (Wildman–Crippen MR) is 95.9 cm³/mol. The molecule has 2 amide bonds. The second-order valence-corrected chi connectivity index (χ2v) is 6.57. The number of piperazine rings is 1. The minimum atomic E-state index is -0.359. The SMILES string of the molecule is CN1CCN(c2ncc(C(=O)NCCCCCCC(=O)NO)c[nH+]2)CC1. The minimum Gasteiger partial charge on any atom is -0.352 e. The maximum atomic E-state index is 12.1. The number of H-pyrrole nitrogens is 1. The summed E-state index contributed by atoms with van der Waals surface area (Å²) in [7, 11) is 2.10. The Labute approximate surface area is 153 Å². The number of nitrogens with one attached hydrogen (secondary N) is 3. The van der Waals surface area contributed by atoms with Gasteiger partial charge in [-0.25, -0.2) is 10.5 Å². The van der Waals surface area contributed by atoms with Gasteiger partial charge in [-0.2, -0.15) is 0 Å². The van der Waals surface area contributed by atoms with E-state index in [1.165, 1.54) is 0 Å². The Bertz CT molecular complexity index is 572. The lowest BCUT2D eigenvalue weighted by atomic mass is 10.1. The number of rotatable bonds is 9. The second kappa shape index (κ2) is 10.7. The third kappa shape index (κ3) is 6.57. The number of unbranched alkanes of at least 4 members (excludes halogenated alkanes) is 3. The van der Waals surface area contributed by atoms with Gasteiger partial charge in [-0.05, 0) is 19.9 Å². The molecule has 0 aliphatic carbocycles. The largest absolute Gasteiger partial charge is 0.391 e. The summed E-state index contributed by atoms with van der Waals surface area (Å²) in [4.78, 5) is 34.9. The summed E-state index contributed by atoms with van der Waals surface area (Å²) >= 11 is 0. The number of aromatic amines is 1. The number of likely N-dealkylation sites (N-methyl/N-ethyl adjacent to an activating group) is 1. The number of amides is 2. The molecule has 1 aliphatic rings. The van der Waals surface area contributed by atoms with E-state index < -0.39 is 0 Å². The number of nitrogens with zero attached hydrogens (tertiary/aromatic N) is 3. The van der Waals surface area contributed by atoms with Gasteiger partial charge in [0.25, 0.3) is 5.91 Å². The molecular weight excluding hydrogens is 336 g/mol. The Morgan fingerprint density at radius 2 is 1.92 bits per heavy atom. The molecule has 1 aromatic rings. The van der Waals surface area contributed by atoms with Gasteiger partial charge in [0.05, 0.1) is 19.3 Å². The molecule has 0 radical (unpaired) electrons. The zero-order valence-corrected chi connectivity index (χ0v) is 15.3. The first-order chi connectivity index (χ1) is 12.6. The van der Waals surface area contributed by atoms with Crippen molar-refractivity contribution in [2.45, 2.75) is 32.1 Å². The molecule has 9 nitrogen and oxygen atoms in total. The number of carbonyl (C=O) groups is 2. The minimum absolute atomic E-state index is 0.140. The van der Waals surface area contributed by atoms with E-state index in [0.29, 0.717) is 18.5 Å². The molecule has 2 rings (SSSR count). The fourth-order valence-corrected chi connectivity index (χ4v) is 2.79. The van der Waals surface area contributed by atoms with Crippen molar-refractivity contribution in [1.82, 2.24) is 20.7 Å². The zero-order chi connectivity index (χ0) is 18.8. The van der Waals surface area contributed by atoms with E-state index in [2.05, 4.69) is 32.1 Å². The standard InChI is InChI=1S/C17H28N6O3/c1-22-8-10-23(11-9-22)17-19-12-14(13-20-17)16(25)18-7-5-3-2-4-6-15(24)21-26/h12-13,26H,2-11H2,1H3,(H,18,25)(H,21,24)/p+1. The van der Waals surface area contributed by atoms with Crippen LogP contribution in [0.3, 0.4) is 0 Å². The number of hydroxylamine groups is 1. The summed E-state index contributed by atoms with van der Waals surface area (Å²) < 4.78 is 0. The number of hydrogen-bond acceptors (Lipinski definition) is 6. The van der Waals surface area contributed by atoms with Crippen LogP contribution in [0, 0.1) is 0 Å². The fraction of sp³-hybridized carbons (Fsp3) is 0.647. The van der Waals surface area contributed by atoms with Crippen LogP contribution in [-0.4, -0.2) is 66.7 Å². The van der Waals surface area contributed by atoms with Crippen LogP contribution in [0.1, 0.15) is 42.5 Å². The Balaban J connectivity index is 1.64. The average Bonchev–Trinajstić information content (AvgIpc) is 2.67. The Kier molecular flexibility index (Phi) is 8.23. The van der Waals surface area contributed by atoms with Crippen LogP contribution in [0.4, 0.5) is 5.95 Å². The first-order valence-electron chi connectivity index (χ1n) is 9.12. The Morgan fingerprint density at radius 3 is 2.58 bits per heavy atom. The van der Waals surface area contributed by atoms with Crippen molar-refractivity contribution in [3.8, 4) is 0 Å². The highest BCUT2D eigenvalue weighted by molar-refractivity contribution is 5.93. The van der Waals surface area contributed by atoms with Crippen molar-refractivity contribution in [2.24, 2.45) is 0 Å². The van der Waals surface area contributed by atoms with E-state index in [-0.39, 0.29) is 11.8 Å². The van der Waals surface area contributed by atoms with Crippen LogP contribution >= 0.6 is 0 Å². The van der Waals surface area contributed by atoms with Crippen molar-refractivity contribution < 1.29 is 19.8 Å². The summed E-state index contributed by atoms with van der Waals surface area (Å²) in [5.41, 5.74) is 2.13. The summed E-state index contributed by atoms with van der Waals surface area (Å²) in [6, 6.07) is 0. The number of hydrogen-bond donors (Lipinski definition) is 3. The van der Waals surface area contributed by atoms with Gasteiger partial charge in [0.2, 0.25) is 5.91 Å². The number of anilines is 1. The topological polar surface area (TPSA) is 112 Å². The molecule has 2 heterocycles. The van der Waals surface area contributed by atoms with Gasteiger partial charge in [-0.1, -0.05) is 17.8 Å². The van der Waals surface area contributed by atoms with E-state index in [0.717, 1.165) is 57.8 Å². The summed E-state index contributed by atoms with van der Waals surface area (Å²) in [5, 5.41) is 11.3. The van der Waals surface area contributed by atoms with Gasteiger partial charge in [0.1, 0.15) is 11.8 Å². The van der Waals surface area contributed by atoms with E-state index in [4.69, 9.17) is 5.21 Å². The summed E-state index contributed by atoms with van der Waals surface area (Å²) in [6.07, 6.45) is 7.01. The highest BCUT2D eigenvalue weighted by Gasteiger charge is 2.22. The maximum absolute atomic E-state index is 12.1. The molecule has 0 unspecified atom stereocenters. The van der Waals surface area contributed by atoms with E-state index in [1.54, 1.807) is 17.9 Å². The molecule has 1 saturated heterocycles. The zero-order valence-electron chi connectivity index (χ0n) is 15.3. The average molecular weight is 365 g/mol. The van der Waals surface area contributed by atoms with Crippen LogP contribution in [0.2, 0.25) is 0 Å².